The molecule has 6 heteroatoms. The van der Waals surface area contributed by atoms with Gasteiger partial charge in [-0.3, -0.25) is 14.5 Å². The number of thioether (sulfide) groups is 1. The van der Waals surface area contributed by atoms with Crippen LogP contribution in [0.25, 0.3) is 0 Å². The fourth-order valence-corrected chi connectivity index (χ4v) is 5.60. The number of nitrogens with one attached hydrogen (secondary N) is 1. The van der Waals surface area contributed by atoms with E-state index in [1.807, 2.05) is 60.7 Å². The van der Waals surface area contributed by atoms with E-state index < -0.39 is 11.2 Å². The quantitative estimate of drug-likeness (QED) is 0.276. The first-order chi connectivity index (χ1) is 18.1. The van der Waals surface area contributed by atoms with Crippen LogP contribution in [0.2, 0.25) is 0 Å². The van der Waals surface area contributed by atoms with Gasteiger partial charge in [0, 0.05) is 12.2 Å². The van der Waals surface area contributed by atoms with Crippen molar-refractivity contribution in [1.82, 2.24) is 5.32 Å². The molecule has 0 unspecified atom stereocenters. The van der Waals surface area contributed by atoms with Crippen molar-refractivity contribution in [3.63, 3.8) is 0 Å². The average Bonchev–Trinajstić information content (AvgIpc) is 3.24. The molecule has 188 valence electrons. The third kappa shape index (κ3) is 6.69. The molecule has 4 rings (SSSR count). The Labute approximate surface area is 223 Å². The van der Waals surface area contributed by atoms with Crippen LogP contribution in [-0.2, 0) is 28.9 Å². The molecule has 3 aromatic carbocycles. The van der Waals surface area contributed by atoms with E-state index in [4.69, 9.17) is 0 Å². The second-order valence-electron chi connectivity index (χ2n) is 9.02. The molecule has 1 saturated heterocycles. The summed E-state index contributed by atoms with van der Waals surface area (Å²) < 4.78 is 0. The molecule has 37 heavy (non-hydrogen) atoms. The van der Waals surface area contributed by atoms with E-state index in [0.717, 1.165) is 30.4 Å². The summed E-state index contributed by atoms with van der Waals surface area (Å²) in [5, 5.41) is 12.8. The van der Waals surface area contributed by atoms with Crippen molar-refractivity contribution in [1.29, 1.82) is 5.26 Å². The number of rotatable bonds is 10. The molecule has 0 radical (unpaired) electrons. The second-order valence-corrected chi connectivity index (χ2v) is 10.2. The minimum Gasteiger partial charge on any atom is -0.351 e. The number of unbranched alkanes of at least 4 members (excludes halogenated alkanes) is 1. The summed E-state index contributed by atoms with van der Waals surface area (Å²) in [5.41, 5.74) is 4.07. The van der Waals surface area contributed by atoms with Gasteiger partial charge in [-0.05, 0) is 54.5 Å². The van der Waals surface area contributed by atoms with Gasteiger partial charge >= 0.3 is 0 Å². The molecular formula is C31H31N3O2S. The summed E-state index contributed by atoms with van der Waals surface area (Å²) in [6.45, 7) is 2.58. The lowest BCUT2D eigenvalue weighted by Gasteiger charge is -2.18. The van der Waals surface area contributed by atoms with Crippen LogP contribution in [0.4, 0.5) is 5.69 Å². The van der Waals surface area contributed by atoms with E-state index in [1.165, 1.54) is 22.2 Å². The molecule has 1 fully saturated rings. The molecule has 1 aliphatic rings. The highest BCUT2D eigenvalue weighted by Crippen LogP contribution is 2.41. The summed E-state index contributed by atoms with van der Waals surface area (Å²) in [6, 6.07) is 29.6. The molecule has 0 spiro atoms. The first-order valence-electron chi connectivity index (χ1n) is 12.7. The predicted molar refractivity (Wildman–Crippen MR) is 150 cm³/mol. The number of carbonyl (C=O) groups is 2. The summed E-state index contributed by atoms with van der Waals surface area (Å²) in [6.07, 6.45) is 4.54. The molecule has 1 heterocycles. The summed E-state index contributed by atoms with van der Waals surface area (Å²) in [4.78, 5) is 28.2. The normalized spacial score (nSPS) is 16.4. The van der Waals surface area contributed by atoms with Crippen molar-refractivity contribution in [3.8, 4) is 6.07 Å². The highest BCUT2D eigenvalue weighted by molar-refractivity contribution is 8.05. The molecule has 1 atom stereocenters. The molecular weight excluding hydrogens is 478 g/mol. The molecule has 5 nitrogen and oxygen atoms in total. The lowest BCUT2D eigenvalue weighted by atomic mass is 10.0. The molecule has 0 aliphatic carbocycles. The largest absolute Gasteiger partial charge is 0.351 e. The molecule has 0 saturated carbocycles. The van der Waals surface area contributed by atoms with Gasteiger partial charge in [-0.25, -0.2) is 0 Å². The number of amides is 2. The minimum absolute atomic E-state index is 0.0346. The monoisotopic (exact) mass is 509 g/mol. The van der Waals surface area contributed by atoms with Crippen molar-refractivity contribution in [2.45, 2.75) is 44.3 Å². The Morgan fingerprint density at radius 3 is 2.19 bits per heavy atom. The lowest BCUT2D eigenvalue weighted by Crippen LogP contribution is -2.32. The predicted octanol–water partition coefficient (Wildman–Crippen LogP) is 5.81. The maximum Gasteiger partial charge on any atom is 0.264 e. The third-order valence-corrected chi connectivity index (χ3v) is 7.59. The van der Waals surface area contributed by atoms with E-state index in [-0.39, 0.29) is 11.5 Å². The SMILES string of the molecule is CCCCc1ccc(C[C@@H]2S/C(=C(/C#N)C(=O)NCCc3ccccc3)N(c3ccccc3)C2=O)cc1. The zero-order valence-corrected chi connectivity index (χ0v) is 21.8. The van der Waals surface area contributed by atoms with Gasteiger partial charge in [-0.1, -0.05) is 97.9 Å². The smallest absolute Gasteiger partial charge is 0.264 e. The van der Waals surface area contributed by atoms with Crippen molar-refractivity contribution in [3.05, 3.63) is 112 Å². The molecule has 0 aromatic heterocycles. The summed E-state index contributed by atoms with van der Waals surface area (Å²) in [7, 11) is 0. The van der Waals surface area contributed by atoms with Crippen molar-refractivity contribution in [2.24, 2.45) is 0 Å². The molecule has 2 amide bonds. The Balaban J connectivity index is 1.55. The molecule has 1 N–H and O–H groups in total. The van der Waals surface area contributed by atoms with Crippen molar-refractivity contribution >= 4 is 29.3 Å². The number of carbonyl (C=O) groups excluding carboxylic acids is 2. The van der Waals surface area contributed by atoms with Crippen LogP contribution in [0.3, 0.4) is 0 Å². The number of anilines is 1. The second kappa shape index (κ2) is 12.9. The Bertz CT molecular complexity index is 1280. The number of para-hydroxylation sites is 1. The number of benzene rings is 3. The number of nitriles is 1. The zero-order chi connectivity index (χ0) is 26.0. The standard InChI is InChI=1S/C31H31N3O2S/c1-2-3-10-24-15-17-25(18-16-24)21-28-30(36)34(26-13-8-5-9-14-26)31(37-28)27(22-32)29(35)33-20-19-23-11-6-4-7-12-23/h4-9,11-18,28H,2-3,10,19-21H2,1H3,(H,33,35)/b31-27-/t28-/m0/s1. The fourth-order valence-electron chi connectivity index (χ4n) is 4.29. The van der Waals surface area contributed by atoms with E-state index in [2.05, 4.69) is 42.6 Å². The van der Waals surface area contributed by atoms with Crippen molar-refractivity contribution in [2.75, 3.05) is 11.4 Å². The topological polar surface area (TPSA) is 73.2 Å². The minimum atomic E-state index is -0.462. The van der Waals surface area contributed by atoms with Gasteiger partial charge in [-0.2, -0.15) is 5.26 Å². The first kappa shape index (κ1) is 26.2. The fraction of sp³-hybridized carbons (Fsp3) is 0.258. The number of aryl methyl sites for hydroxylation is 1. The van der Waals surface area contributed by atoms with Gasteiger partial charge in [0.2, 0.25) is 5.91 Å². The first-order valence-corrected chi connectivity index (χ1v) is 13.6. The van der Waals surface area contributed by atoms with Crippen molar-refractivity contribution < 1.29 is 9.59 Å². The van der Waals surface area contributed by atoms with Gasteiger partial charge < -0.3 is 5.32 Å². The van der Waals surface area contributed by atoms with E-state index in [1.54, 1.807) is 0 Å². The van der Waals surface area contributed by atoms with E-state index in [0.29, 0.717) is 30.1 Å². The van der Waals surface area contributed by atoms with Crippen LogP contribution in [0.1, 0.15) is 36.5 Å². The van der Waals surface area contributed by atoms with Crippen LogP contribution in [0, 0.1) is 11.3 Å². The van der Waals surface area contributed by atoms with Gasteiger partial charge in [0.15, 0.2) is 0 Å². The molecule has 1 aliphatic heterocycles. The Morgan fingerprint density at radius 1 is 0.919 bits per heavy atom. The van der Waals surface area contributed by atoms with Crippen LogP contribution in [0.5, 0.6) is 0 Å². The van der Waals surface area contributed by atoms with Crippen LogP contribution >= 0.6 is 11.8 Å². The lowest BCUT2D eigenvalue weighted by molar-refractivity contribution is -0.117. The summed E-state index contributed by atoms with van der Waals surface area (Å²) >= 11 is 1.30. The number of hydrogen-bond donors (Lipinski definition) is 1. The van der Waals surface area contributed by atoms with Crippen LogP contribution in [-0.4, -0.2) is 23.6 Å². The highest BCUT2D eigenvalue weighted by Gasteiger charge is 2.40. The Morgan fingerprint density at radius 2 is 1.54 bits per heavy atom. The van der Waals surface area contributed by atoms with E-state index in [9.17, 15) is 14.9 Å². The highest BCUT2D eigenvalue weighted by atomic mass is 32.2. The van der Waals surface area contributed by atoms with Crippen LogP contribution in [0.15, 0.2) is 95.5 Å². The third-order valence-electron chi connectivity index (χ3n) is 6.33. The Hall–Kier alpha value is -3.82. The average molecular weight is 510 g/mol. The Kier molecular flexibility index (Phi) is 9.18. The maximum absolute atomic E-state index is 13.6. The molecule has 3 aromatic rings. The van der Waals surface area contributed by atoms with Gasteiger partial charge in [0.1, 0.15) is 16.7 Å². The summed E-state index contributed by atoms with van der Waals surface area (Å²) in [5.74, 6) is -0.582. The number of nitrogens with zero attached hydrogens (tertiary/aromatic N) is 2. The van der Waals surface area contributed by atoms with Gasteiger partial charge in [0.25, 0.3) is 5.91 Å². The van der Waals surface area contributed by atoms with E-state index >= 15 is 0 Å². The van der Waals surface area contributed by atoms with Gasteiger partial charge in [0.05, 0.1) is 5.25 Å². The van der Waals surface area contributed by atoms with Crippen LogP contribution < -0.4 is 10.2 Å². The maximum atomic E-state index is 13.6. The number of hydrogen-bond acceptors (Lipinski definition) is 4. The van der Waals surface area contributed by atoms with Gasteiger partial charge in [-0.15, -0.1) is 0 Å². The zero-order valence-electron chi connectivity index (χ0n) is 21.0. The molecule has 0 bridgehead atoms.